The quantitative estimate of drug-likeness (QED) is 0.800. The van der Waals surface area contributed by atoms with Crippen molar-refractivity contribution < 1.29 is 9.59 Å². The molecular formula is C21H26ClN5O2. The first-order valence-electron chi connectivity index (χ1n) is 9.72. The molecule has 29 heavy (non-hydrogen) atoms. The van der Waals surface area contributed by atoms with Gasteiger partial charge in [-0.25, -0.2) is 4.79 Å². The third kappa shape index (κ3) is 4.86. The Kier molecular flexibility index (Phi) is 7.06. The Hall–Kier alpha value is -2.64. The number of pyridine rings is 1. The number of hydrogen-bond donors (Lipinski definition) is 2. The molecule has 1 saturated heterocycles. The maximum absolute atomic E-state index is 12.8. The number of fused-ring (bicyclic) bond motifs is 1. The Balaban J connectivity index is 0.00000240. The largest absolute Gasteiger partial charge is 0.332 e. The fraction of sp³-hybridized carbons (Fsp3) is 0.381. The minimum Gasteiger partial charge on any atom is -0.332 e. The van der Waals surface area contributed by atoms with Gasteiger partial charge in [0.15, 0.2) is 0 Å². The van der Waals surface area contributed by atoms with Gasteiger partial charge in [0.05, 0.1) is 12.6 Å². The fourth-order valence-corrected chi connectivity index (χ4v) is 3.91. The summed E-state index contributed by atoms with van der Waals surface area (Å²) in [6, 6.07) is 11.8. The maximum atomic E-state index is 12.8. The summed E-state index contributed by atoms with van der Waals surface area (Å²) in [7, 11) is 0. The first kappa shape index (κ1) is 21.1. The van der Waals surface area contributed by atoms with E-state index >= 15 is 0 Å². The van der Waals surface area contributed by atoms with Crippen molar-refractivity contribution in [2.45, 2.75) is 19.0 Å². The van der Waals surface area contributed by atoms with E-state index in [9.17, 15) is 9.59 Å². The van der Waals surface area contributed by atoms with Crippen LogP contribution in [0.15, 0.2) is 48.8 Å². The number of hydrogen-bond acceptors (Lipinski definition) is 4. The first-order chi connectivity index (χ1) is 13.7. The van der Waals surface area contributed by atoms with E-state index in [4.69, 9.17) is 0 Å². The van der Waals surface area contributed by atoms with Crippen molar-refractivity contribution in [1.82, 2.24) is 25.4 Å². The van der Waals surface area contributed by atoms with Crippen molar-refractivity contribution in [3.05, 3.63) is 65.5 Å². The zero-order valence-electron chi connectivity index (χ0n) is 16.2. The molecule has 0 bridgehead atoms. The topological polar surface area (TPSA) is 77.6 Å². The van der Waals surface area contributed by atoms with Gasteiger partial charge < -0.3 is 20.4 Å². The van der Waals surface area contributed by atoms with Crippen LogP contribution in [-0.2, 0) is 17.8 Å². The van der Waals surface area contributed by atoms with Crippen molar-refractivity contribution in [2.24, 2.45) is 0 Å². The van der Waals surface area contributed by atoms with Crippen molar-refractivity contribution in [2.75, 3.05) is 32.7 Å². The summed E-state index contributed by atoms with van der Waals surface area (Å²) in [6.07, 6.45) is 4.36. The first-order valence-corrected chi connectivity index (χ1v) is 9.72. The van der Waals surface area contributed by atoms with Gasteiger partial charge in [0.1, 0.15) is 0 Å². The summed E-state index contributed by atoms with van der Waals surface area (Å²) in [5.74, 6) is -0.0684. The lowest BCUT2D eigenvalue weighted by molar-refractivity contribution is -0.133. The maximum Gasteiger partial charge on any atom is 0.318 e. The molecule has 0 saturated carbocycles. The molecule has 154 valence electrons. The summed E-state index contributed by atoms with van der Waals surface area (Å²) in [5.41, 5.74) is 3.47. The molecular weight excluding hydrogens is 390 g/mol. The Labute approximate surface area is 176 Å². The molecule has 0 spiro atoms. The number of amides is 3. The third-order valence-electron chi connectivity index (χ3n) is 5.44. The lowest BCUT2D eigenvalue weighted by Crippen LogP contribution is -2.52. The van der Waals surface area contributed by atoms with Gasteiger partial charge in [-0.15, -0.1) is 12.4 Å². The van der Waals surface area contributed by atoms with Crippen LogP contribution in [0.2, 0.25) is 0 Å². The molecule has 0 aliphatic carbocycles. The standard InChI is InChI=1S/C21H25N5O2.ClH/c27-20(26-11-9-23-13-19(26)17-6-3-8-22-12-17)14-24-21(28)25-10-7-16-4-1-2-5-18(16)15-25;/h1-6,8,12,19,23H,7,9-11,13-15H2,(H,24,28);1H. The van der Waals surface area contributed by atoms with Gasteiger partial charge in [-0.2, -0.15) is 0 Å². The Bertz CT molecular complexity index is 848. The van der Waals surface area contributed by atoms with Crippen LogP contribution >= 0.6 is 12.4 Å². The van der Waals surface area contributed by atoms with Gasteiger partial charge in [-0.3, -0.25) is 9.78 Å². The van der Waals surface area contributed by atoms with Crippen molar-refractivity contribution in [3.8, 4) is 0 Å². The second kappa shape index (κ2) is 9.71. The highest BCUT2D eigenvalue weighted by atomic mass is 35.5. The third-order valence-corrected chi connectivity index (χ3v) is 5.44. The van der Waals surface area contributed by atoms with E-state index in [1.165, 1.54) is 11.1 Å². The summed E-state index contributed by atoms with van der Waals surface area (Å²) < 4.78 is 0. The van der Waals surface area contributed by atoms with Crippen LogP contribution in [0, 0.1) is 0 Å². The number of nitrogens with one attached hydrogen (secondary N) is 2. The molecule has 1 fully saturated rings. The summed E-state index contributed by atoms with van der Waals surface area (Å²) in [6.45, 7) is 3.32. The minimum atomic E-state index is -0.184. The summed E-state index contributed by atoms with van der Waals surface area (Å²) >= 11 is 0. The van der Waals surface area contributed by atoms with E-state index in [0.29, 0.717) is 26.2 Å². The lowest BCUT2D eigenvalue weighted by Gasteiger charge is -2.36. The van der Waals surface area contributed by atoms with Crippen LogP contribution in [0.25, 0.3) is 0 Å². The van der Waals surface area contributed by atoms with E-state index in [1.807, 2.05) is 29.2 Å². The van der Waals surface area contributed by atoms with Gasteiger partial charge in [-0.1, -0.05) is 30.3 Å². The number of carbonyl (C=O) groups is 2. The molecule has 2 N–H and O–H groups in total. The van der Waals surface area contributed by atoms with Crippen molar-refractivity contribution in [1.29, 1.82) is 0 Å². The molecule has 2 aliphatic heterocycles. The van der Waals surface area contributed by atoms with Crippen LogP contribution in [0.4, 0.5) is 4.79 Å². The summed E-state index contributed by atoms with van der Waals surface area (Å²) in [4.78, 5) is 33.1. The van der Waals surface area contributed by atoms with Crippen molar-refractivity contribution in [3.63, 3.8) is 0 Å². The number of piperazine rings is 1. The molecule has 1 aromatic heterocycles. The average molecular weight is 416 g/mol. The SMILES string of the molecule is Cl.O=C(NCC(=O)N1CCNCC1c1cccnc1)N1CCc2ccccc2C1. The van der Waals surface area contributed by atoms with Crippen LogP contribution < -0.4 is 10.6 Å². The van der Waals surface area contributed by atoms with Gasteiger partial charge in [0, 0.05) is 45.1 Å². The van der Waals surface area contributed by atoms with Crippen LogP contribution in [0.3, 0.4) is 0 Å². The molecule has 1 unspecified atom stereocenters. The number of aromatic nitrogens is 1. The number of rotatable bonds is 3. The van der Waals surface area contributed by atoms with Crippen LogP contribution in [0.5, 0.6) is 0 Å². The minimum absolute atomic E-state index is 0. The number of carbonyl (C=O) groups excluding carboxylic acids is 2. The van der Waals surface area contributed by atoms with E-state index in [2.05, 4.69) is 27.8 Å². The summed E-state index contributed by atoms with van der Waals surface area (Å²) in [5, 5.41) is 6.14. The molecule has 3 amide bonds. The molecule has 1 atom stereocenters. The molecule has 0 radical (unpaired) electrons. The number of halogens is 1. The second-order valence-electron chi connectivity index (χ2n) is 7.19. The van der Waals surface area contributed by atoms with Gasteiger partial charge >= 0.3 is 6.03 Å². The molecule has 3 heterocycles. The smallest absolute Gasteiger partial charge is 0.318 e. The molecule has 7 nitrogen and oxygen atoms in total. The molecule has 2 aliphatic rings. The van der Waals surface area contributed by atoms with E-state index in [-0.39, 0.29) is 36.9 Å². The van der Waals surface area contributed by atoms with Gasteiger partial charge in [-0.05, 0) is 29.2 Å². The number of benzene rings is 1. The highest BCUT2D eigenvalue weighted by Gasteiger charge is 2.28. The van der Waals surface area contributed by atoms with Crippen LogP contribution in [-0.4, -0.2) is 59.4 Å². The molecule has 8 heteroatoms. The predicted molar refractivity (Wildman–Crippen MR) is 113 cm³/mol. The monoisotopic (exact) mass is 415 g/mol. The van der Waals surface area contributed by atoms with Gasteiger partial charge in [0.25, 0.3) is 0 Å². The lowest BCUT2D eigenvalue weighted by atomic mass is 10.0. The van der Waals surface area contributed by atoms with Gasteiger partial charge in [0.2, 0.25) is 5.91 Å². The van der Waals surface area contributed by atoms with E-state index in [0.717, 1.165) is 18.5 Å². The molecule has 1 aromatic carbocycles. The second-order valence-corrected chi connectivity index (χ2v) is 7.19. The normalized spacial score (nSPS) is 18.4. The Morgan fingerprint density at radius 1 is 1.14 bits per heavy atom. The number of nitrogens with zero attached hydrogens (tertiary/aromatic N) is 3. The molecule has 2 aromatic rings. The fourth-order valence-electron chi connectivity index (χ4n) is 3.91. The van der Waals surface area contributed by atoms with E-state index in [1.54, 1.807) is 17.3 Å². The Morgan fingerprint density at radius 3 is 2.76 bits per heavy atom. The predicted octanol–water partition coefficient (Wildman–Crippen LogP) is 1.74. The van der Waals surface area contributed by atoms with Crippen molar-refractivity contribution >= 4 is 24.3 Å². The highest BCUT2D eigenvalue weighted by molar-refractivity contribution is 5.85. The zero-order valence-corrected chi connectivity index (χ0v) is 17.0. The van der Waals surface area contributed by atoms with E-state index < -0.39 is 0 Å². The Morgan fingerprint density at radius 2 is 1.97 bits per heavy atom. The highest BCUT2D eigenvalue weighted by Crippen LogP contribution is 2.21. The zero-order chi connectivity index (χ0) is 19.3. The average Bonchev–Trinajstić information content (AvgIpc) is 2.77. The number of urea groups is 1. The molecule has 4 rings (SSSR count). The van der Waals surface area contributed by atoms with Crippen LogP contribution in [0.1, 0.15) is 22.7 Å².